The van der Waals surface area contributed by atoms with E-state index >= 15 is 0 Å². The molecule has 1 saturated carbocycles. The van der Waals surface area contributed by atoms with Gasteiger partial charge in [-0.3, -0.25) is 23.7 Å². The second-order valence-electron chi connectivity index (χ2n) is 6.76. The molecule has 0 unspecified atom stereocenters. The van der Waals surface area contributed by atoms with E-state index in [9.17, 15) is 18.0 Å². The van der Waals surface area contributed by atoms with Crippen molar-refractivity contribution in [3.05, 3.63) is 36.3 Å². The van der Waals surface area contributed by atoms with Gasteiger partial charge in [0.2, 0.25) is 15.9 Å². The first-order valence-corrected chi connectivity index (χ1v) is 10.8. The third-order valence-electron chi connectivity index (χ3n) is 4.45. The highest BCUT2D eigenvalue weighted by atomic mass is 32.2. The second kappa shape index (κ2) is 8.63. The molecule has 160 valence electrons. The third-order valence-corrected chi connectivity index (χ3v) is 5.64. The molecule has 3 rings (SSSR count). The second-order valence-corrected chi connectivity index (χ2v) is 8.78. The molecule has 12 heteroatoms. The maximum absolute atomic E-state index is 12.4. The molecule has 0 aliphatic heterocycles. The van der Waals surface area contributed by atoms with Crippen molar-refractivity contribution < 1.29 is 22.8 Å². The lowest BCUT2D eigenvalue weighted by Crippen LogP contribution is -2.26. The van der Waals surface area contributed by atoms with Crippen molar-refractivity contribution in [3.8, 4) is 0 Å². The smallest absolute Gasteiger partial charge is 0.278 e. The number of hydrogen-bond donors (Lipinski definition) is 3. The van der Waals surface area contributed by atoms with E-state index in [0.29, 0.717) is 11.4 Å². The number of anilines is 4. The zero-order chi connectivity index (χ0) is 21.9. The van der Waals surface area contributed by atoms with Crippen LogP contribution >= 0.6 is 0 Å². The van der Waals surface area contributed by atoms with Crippen LogP contribution in [-0.4, -0.2) is 50.6 Å². The summed E-state index contributed by atoms with van der Waals surface area (Å²) < 4.78 is 25.0. The number of carbonyl (C=O) groups excluding carboxylic acids is 2. The van der Waals surface area contributed by atoms with Crippen molar-refractivity contribution in [1.82, 2.24) is 15.4 Å². The Morgan fingerprint density at radius 1 is 1.23 bits per heavy atom. The Balaban J connectivity index is 1.98. The summed E-state index contributed by atoms with van der Waals surface area (Å²) in [5.41, 5.74) is 3.27. The number of pyridine rings is 2. The number of sulfonamides is 1. The van der Waals surface area contributed by atoms with Crippen molar-refractivity contribution >= 4 is 44.7 Å². The fourth-order valence-corrected chi connectivity index (χ4v) is 3.13. The summed E-state index contributed by atoms with van der Waals surface area (Å²) in [6.07, 6.45) is 6.92. The molecule has 2 heterocycles. The molecule has 0 spiro atoms. The van der Waals surface area contributed by atoms with E-state index in [1.165, 1.54) is 44.9 Å². The van der Waals surface area contributed by atoms with Crippen LogP contribution in [0.3, 0.4) is 0 Å². The average Bonchev–Trinajstić information content (AvgIpc) is 3.53. The van der Waals surface area contributed by atoms with Gasteiger partial charge in [-0.25, -0.2) is 18.9 Å². The molecule has 0 radical (unpaired) electrons. The summed E-state index contributed by atoms with van der Waals surface area (Å²) >= 11 is 0. The molecular weight excluding hydrogens is 412 g/mol. The van der Waals surface area contributed by atoms with E-state index in [0.717, 1.165) is 23.4 Å². The molecule has 0 bridgehead atoms. The Kier molecular flexibility index (Phi) is 6.17. The molecule has 1 aliphatic rings. The van der Waals surface area contributed by atoms with E-state index in [-0.39, 0.29) is 28.9 Å². The standard InChI is InChI=1S/C18H22N6O5S/c1-24(30(3,27)28)15-6-7-19-10-14(15)21-13-8-16(22-17(25)11-4-5-11)20-9-12(13)18(26)23-29-2/h6-11H,4-5H2,1-3H3,(H,23,26)(H2,20,21,22,25). The van der Waals surface area contributed by atoms with Crippen LogP contribution in [0.1, 0.15) is 23.2 Å². The summed E-state index contributed by atoms with van der Waals surface area (Å²) in [7, 11) is -0.836. The van der Waals surface area contributed by atoms with Gasteiger partial charge in [0.25, 0.3) is 5.91 Å². The summed E-state index contributed by atoms with van der Waals surface area (Å²) in [5, 5.41) is 5.73. The van der Waals surface area contributed by atoms with E-state index in [1.54, 1.807) is 0 Å². The van der Waals surface area contributed by atoms with E-state index in [4.69, 9.17) is 0 Å². The van der Waals surface area contributed by atoms with Crippen LogP contribution in [0.25, 0.3) is 0 Å². The maximum Gasteiger partial charge on any atom is 0.278 e. The number of hydrogen-bond acceptors (Lipinski definition) is 8. The van der Waals surface area contributed by atoms with Crippen LogP contribution in [-0.2, 0) is 19.7 Å². The zero-order valence-corrected chi connectivity index (χ0v) is 17.5. The van der Waals surface area contributed by atoms with Crippen LogP contribution in [0.5, 0.6) is 0 Å². The van der Waals surface area contributed by atoms with Gasteiger partial charge in [0.15, 0.2) is 0 Å². The fraction of sp³-hybridized carbons (Fsp3) is 0.333. The topological polar surface area (TPSA) is 143 Å². The third kappa shape index (κ3) is 5.02. The lowest BCUT2D eigenvalue weighted by Gasteiger charge is -2.21. The molecule has 0 atom stereocenters. The molecular formula is C18H22N6O5S. The van der Waals surface area contributed by atoms with Gasteiger partial charge in [-0.05, 0) is 18.9 Å². The molecule has 30 heavy (non-hydrogen) atoms. The van der Waals surface area contributed by atoms with Gasteiger partial charge in [-0.2, -0.15) is 0 Å². The molecule has 2 aromatic heterocycles. The summed E-state index contributed by atoms with van der Waals surface area (Å²) in [6.45, 7) is 0. The highest BCUT2D eigenvalue weighted by Gasteiger charge is 2.30. The van der Waals surface area contributed by atoms with E-state index in [2.05, 4.69) is 30.9 Å². The SMILES string of the molecule is CONC(=O)c1cnc(NC(=O)C2CC2)cc1Nc1cnccc1N(C)S(C)(=O)=O. The molecule has 3 N–H and O–H groups in total. The minimum absolute atomic E-state index is 0.0204. The normalized spacial score (nSPS) is 13.4. The monoisotopic (exact) mass is 434 g/mol. The highest BCUT2D eigenvalue weighted by molar-refractivity contribution is 7.92. The fourth-order valence-electron chi connectivity index (χ4n) is 2.61. The number of hydroxylamine groups is 1. The number of rotatable bonds is 8. The van der Waals surface area contributed by atoms with Gasteiger partial charge in [-0.1, -0.05) is 0 Å². The summed E-state index contributed by atoms with van der Waals surface area (Å²) in [4.78, 5) is 37.3. The van der Waals surface area contributed by atoms with Crippen LogP contribution in [0.4, 0.5) is 22.9 Å². The Bertz CT molecular complexity index is 1070. The zero-order valence-electron chi connectivity index (χ0n) is 16.7. The van der Waals surface area contributed by atoms with Gasteiger partial charge in [-0.15, -0.1) is 0 Å². The van der Waals surface area contributed by atoms with E-state index in [1.807, 2.05) is 0 Å². The molecule has 11 nitrogen and oxygen atoms in total. The van der Waals surface area contributed by atoms with E-state index < -0.39 is 15.9 Å². The van der Waals surface area contributed by atoms with Crippen molar-refractivity contribution in [2.75, 3.05) is 35.4 Å². The number of amides is 2. The highest BCUT2D eigenvalue weighted by Crippen LogP contribution is 2.32. The number of carbonyl (C=O) groups is 2. The Morgan fingerprint density at radius 3 is 2.60 bits per heavy atom. The quantitative estimate of drug-likeness (QED) is 0.527. The summed E-state index contributed by atoms with van der Waals surface area (Å²) in [5.74, 6) is -0.478. The van der Waals surface area contributed by atoms with Crippen LogP contribution in [0.15, 0.2) is 30.7 Å². The van der Waals surface area contributed by atoms with Crippen molar-refractivity contribution in [3.63, 3.8) is 0 Å². The lowest BCUT2D eigenvalue weighted by molar-refractivity contribution is -0.117. The Hall–Kier alpha value is -3.25. The number of nitrogens with zero attached hydrogens (tertiary/aromatic N) is 3. The van der Waals surface area contributed by atoms with Gasteiger partial charge in [0.1, 0.15) is 5.82 Å². The van der Waals surface area contributed by atoms with Gasteiger partial charge in [0, 0.05) is 31.4 Å². The van der Waals surface area contributed by atoms with Crippen molar-refractivity contribution in [2.45, 2.75) is 12.8 Å². The first-order chi connectivity index (χ1) is 14.2. The molecule has 2 aromatic rings. The maximum atomic E-state index is 12.4. The lowest BCUT2D eigenvalue weighted by atomic mass is 10.2. The predicted molar refractivity (Wildman–Crippen MR) is 111 cm³/mol. The largest absolute Gasteiger partial charge is 0.352 e. The first kappa shape index (κ1) is 21.5. The Labute approximate surface area is 173 Å². The predicted octanol–water partition coefficient (Wildman–Crippen LogP) is 1.26. The average molecular weight is 434 g/mol. The van der Waals surface area contributed by atoms with Crippen molar-refractivity contribution in [2.24, 2.45) is 5.92 Å². The number of nitrogens with one attached hydrogen (secondary N) is 3. The van der Waals surface area contributed by atoms with Crippen LogP contribution < -0.4 is 20.4 Å². The van der Waals surface area contributed by atoms with Crippen LogP contribution in [0.2, 0.25) is 0 Å². The molecule has 2 amide bonds. The van der Waals surface area contributed by atoms with Gasteiger partial charge in [0.05, 0.1) is 42.2 Å². The van der Waals surface area contributed by atoms with Crippen LogP contribution in [0, 0.1) is 5.92 Å². The van der Waals surface area contributed by atoms with Gasteiger partial charge >= 0.3 is 0 Å². The number of aromatic nitrogens is 2. The molecule has 0 aromatic carbocycles. The summed E-state index contributed by atoms with van der Waals surface area (Å²) in [6, 6.07) is 3.01. The first-order valence-electron chi connectivity index (χ1n) is 9.00. The minimum Gasteiger partial charge on any atom is -0.352 e. The Morgan fingerprint density at radius 2 is 1.97 bits per heavy atom. The minimum atomic E-state index is -3.54. The molecule has 0 saturated heterocycles. The van der Waals surface area contributed by atoms with Crippen molar-refractivity contribution in [1.29, 1.82) is 0 Å². The molecule has 1 fully saturated rings. The molecule has 1 aliphatic carbocycles. The van der Waals surface area contributed by atoms with Gasteiger partial charge < -0.3 is 10.6 Å².